The molecule has 0 spiro atoms. The van der Waals surface area contributed by atoms with Crippen LogP contribution in [-0.4, -0.2) is 14.5 Å². The number of hydrazine groups is 1. The smallest absolute Gasteiger partial charge is 0.133 e. The van der Waals surface area contributed by atoms with E-state index < -0.39 is 0 Å². The second-order valence-corrected chi connectivity index (χ2v) is 4.07. The van der Waals surface area contributed by atoms with E-state index in [1.165, 1.54) is 5.56 Å². The van der Waals surface area contributed by atoms with Crippen molar-refractivity contribution in [2.24, 2.45) is 5.84 Å². The van der Waals surface area contributed by atoms with Crippen molar-refractivity contribution >= 4 is 0 Å². The van der Waals surface area contributed by atoms with Gasteiger partial charge in [-0.2, -0.15) is 0 Å². The van der Waals surface area contributed by atoms with Crippen LogP contribution in [0.2, 0.25) is 0 Å². The van der Waals surface area contributed by atoms with Crippen LogP contribution >= 0.6 is 0 Å². The second-order valence-electron chi connectivity index (χ2n) is 4.07. The van der Waals surface area contributed by atoms with Crippen molar-refractivity contribution in [1.82, 2.24) is 20.0 Å². The van der Waals surface area contributed by atoms with Crippen LogP contribution in [0, 0.1) is 0 Å². The van der Waals surface area contributed by atoms with Gasteiger partial charge in [0.15, 0.2) is 0 Å². The normalized spacial score (nSPS) is 12.6. The lowest BCUT2D eigenvalue weighted by Crippen LogP contribution is -2.32. The number of nitrogens with one attached hydrogen (secondary N) is 1. The highest BCUT2D eigenvalue weighted by molar-refractivity contribution is 5.27. The summed E-state index contributed by atoms with van der Waals surface area (Å²) < 4.78 is 2.07. The van der Waals surface area contributed by atoms with Crippen LogP contribution in [0.25, 0.3) is 0 Å². The maximum atomic E-state index is 5.70. The number of hydrogen-bond acceptors (Lipinski definition) is 4. The molecule has 0 amide bonds. The lowest BCUT2D eigenvalue weighted by molar-refractivity contribution is 0.546. The number of nitrogens with zero attached hydrogens (tertiary/aromatic N) is 3. The molecule has 1 unspecified atom stereocenters. The summed E-state index contributed by atoms with van der Waals surface area (Å²) in [6.45, 7) is 5.06. The number of hydrogen-bond donors (Lipinski definition) is 2. The molecule has 0 fully saturated rings. The van der Waals surface area contributed by atoms with Gasteiger partial charge in [0.1, 0.15) is 11.9 Å². The van der Waals surface area contributed by atoms with Crippen LogP contribution in [0.5, 0.6) is 0 Å². The van der Waals surface area contributed by atoms with E-state index in [0.29, 0.717) is 0 Å². The standard InChI is InChI=1S/C13H19N5/c1-3-10-6-5-7-15-11(10)12(17-14)13-16-8-9-18(13)4-2/h5-9,12,17H,3-4,14H2,1-2H3. The molecule has 0 saturated carbocycles. The number of rotatable bonds is 5. The Morgan fingerprint density at radius 2 is 2.17 bits per heavy atom. The Hall–Kier alpha value is -1.72. The Kier molecular flexibility index (Phi) is 4.07. The van der Waals surface area contributed by atoms with Gasteiger partial charge in [-0.05, 0) is 25.0 Å². The summed E-state index contributed by atoms with van der Waals surface area (Å²) in [5.41, 5.74) is 4.96. The summed E-state index contributed by atoms with van der Waals surface area (Å²) in [6.07, 6.45) is 6.46. The maximum Gasteiger partial charge on any atom is 0.133 e. The molecular formula is C13H19N5. The Labute approximate surface area is 107 Å². The first-order chi connectivity index (χ1) is 8.81. The molecule has 2 aromatic heterocycles. The van der Waals surface area contributed by atoms with E-state index in [4.69, 9.17) is 5.84 Å². The summed E-state index contributed by atoms with van der Waals surface area (Å²) in [4.78, 5) is 8.85. The molecule has 0 saturated heterocycles. The van der Waals surface area contributed by atoms with Gasteiger partial charge >= 0.3 is 0 Å². The average molecular weight is 245 g/mol. The van der Waals surface area contributed by atoms with Gasteiger partial charge in [-0.25, -0.2) is 10.4 Å². The molecule has 1 atom stereocenters. The Bertz CT molecular complexity index is 506. The number of imidazole rings is 1. The Morgan fingerprint density at radius 3 is 2.83 bits per heavy atom. The zero-order valence-corrected chi connectivity index (χ0v) is 10.8. The fourth-order valence-corrected chi connectivity index (χ4v) is 2.13. The predicted octanol–water partition coefficient (Wildman–Crippen LogP) is 1.41. The topological polar surface area (TPSA) is 68.8 Å². The summed E-state index contributed by atoms with van der Waals surface area (Å²) in [5.74, 6) is 6.60. The van der Waals surface area contributed by atoms with E-state index in [9.17, 15) is 0 Å². The van der Waals surface area contributed by atoms with Crippen LogP contribution in [0.4, 0.5) is 0 Å². The molecule has 2 heterocycles. The molecular weight excluding hydrogens is 226 g/mol. The lowest BCUT2D eigenvalue weighted by atomic mass is 10.0. The van der Waals surface area contributed by atoms with Gasteiger partial charge in [-0.1, -0.05) is 13.0 Å². The highest BCUT2D eigenvalue weighted by Crippen LogP contribution is 2.21. The molecule has 0 aliphatic carbocycles. The van der Waals surface area contributed by atoms with E-state index in [2.05, 4.69) is 39.9 Å². The van der Waals surface area contributed by atoms with Gasteiger partial charge in [0, 0.05) is 25.1 Å². The Balaban J connectivity index is 2.45. The molecule has 5 heteroatoms. The van der Waals surface area contributed by atoms with E-state index in [1.54, 1.807) is 12.4 Å². The molecule has 2 rings (SSSR count). The van der Waals surface area contributed by atoms with E-state index in [-0.39, 0.29) is 6.04 Å². The molecule has 18 heavy (non-hydrogen) atoms. The Morgan fingerprint density at radius 1 is 1.33 bits per heavy atom. The first kappa shape index (κ1) is 12.7. The zero-order valence-electron chi connectivity index (χ0n) is 10.8. The molecule has 0 radical (unpaired) electrons. The van der Waals surface area contributed by atoms with Gasteiger partial charge in [-0.3, -0.25) is 10.8 Å². The molecule has 2 aromatic rings. The molecule has 0 bridgehead atoms. The predicted molar refractivity (Wildman–Crippen MR) is 70.7 cm³/mol. The van der Waals surface area contributed by atoms with Gasteiger partial charge < -0.3 is 4.57 Å². The quantitative estimate of drug-likeness (QED) is 0.617. The third kappa shape index (κ3) is 2.27. The van der Waals surface area contributed by atoms with Crippen LogP contribution in [0.3, 0.4) is 0 Å². The van der Waals surface area contributed by atoms with Crippen molar-refractivity contribution in [2.45, 2.75) is 32.9 Å². The third-order valence-corrected chi connectivity index (χ3v) is 3.09. The van der Waals surface area contributed by atoms with Crippen molar-refractivity contribution in [3.05, 3.63) is 47.8 Å². The lowest BCUT2D eigenvalue weighted by Gasteiger charge is -2.18. The second kappa shape index (κ2) is 5.75. The van der Waals surface area contributed by atoms with Crippen molar-refractivity contribution in [3.8, 4) is 0 Å². The molecule has 96 valence electrons. The molecule has 0 aliphatic heterocycles. The maximum absolute atomic E-state index is 5.70. The summed E-state index contributed by atoms with van der Waals surface area (Å²) >= 11 is 0. The molecule has 5 nitrogen and oxygen atoms in total. The SMILES string of the molecule is CCc1cccnc1C(NN)c1nccn1CC. The van der Waals surface area contributed by atoms with Crippen LogP contribution < -0.4 is 11.3 Å². The van der Waals surface area contributed by atoms with Crippen molar-refractivity contribution in [2.75, 3.05) is 0 Å². The third-order valence-electron chi connectivity index (χ3n) is 3.09. The van der Waals surface area contributed by atoms with Gasteiger partial charge in [-0.15, -0.1) is 0 Å². The summed E-state index contributed by atoms with van der Waals surface area (Å²) in [6, 6.07) is 3.85. The van der Waals surface area contributed by atoms with E-state index >= 15 is 0 Å². The molecule has 0 aliphatic rings. The fraction of sp³-hybridized carbons (Fsp3) is 0.385. The van der Waals surface area contributed by atoms with E-state index in [0.717, 1.165) is 24.5 Å². The largest absolute Gasteiger partial charge is 0.334 e. The van der Waals surface area contributed by atoms with Crippen LogP contribution in [0.15, 0.2) is 30.7 Å². The van der Waals surface area contributed by atoms with E-state index in [1.807, 2.05) is 12.3 Å². The molecule has 0 aromatic carbocycles. The number of aryl methyl sites for hydroxylation is 2. The average Bonchev–Trinajstić information content (AvgIpc) is 2.88. The summed E-state index contributed by atoms with van der Waals surface area (Å²) in [5, 5.41) is 0. The first-order valence-electron chi connectivity index (χ1n) is 6.22. The fourth-order valence-electron chi connectivity index (χ4n) is 2.13. The monoisotopic (exact) mass is 245 g/mol. The number of aromatic nitrogens is 3. The number of pyridine rings is 1. The molecule has 3 N–H and O–H groups in total. The summed E-state index contributed by atoms with van der Waals surface area (Å²) in [7, 11) is 0. The van der Waals surface area contributed by atoms with Crippen LogP contribution in [-0.2, 0) is 13.0 Å². The first-order valence-corrected chi connectivity index (χ1v) is 6.22. The van der Waals surface area contributed by atoms with Crippen molar-refractivity contribution in [1.29, 1.82) is 0 Å². The van der Waals surface area contributed by atoms with Crippen molar-refractivity contribution in [3.63, 3.8) is 0 Å². The van der Waals surface area contributed by atoms with Crippen molar-refractivity contribution < 1.29 is 0 Å². The number of nitrogens with two attached hydrogens (primary N) is 1. The van der Waals surface area contributed by atoms with Gasteiger partial charge in [0.2, 0.25) is 0 Å². The van der Waals surface area contributed by atoms with Gasteiger partial charge in [0.25, 0.3) is 0 Å². The zero-order chi connectivity index (χ0) is 13.0. The minimum atomic E-state index is -0.170. The minimum Gasteiger partial charge on any atom is -0.334 e. The van der Waals surface area contributed by atoms with Gasteiger partial charge in [0.05, 0.1) is 5.69 Å². The highest BCUT2D eigenvalue weighted by Gasteiger charge is 2.20. The highest BCUT2D eigenvalue weighted by atomic mass is 15.3. The minimum absolute atomic E-state index is 0.170. The van der Waals surface area contributed by atoms with Crippen LogP contribution in [0.1, 0.15) is 37.0 Å².